The smallest absolute Gasteiger partial charge is 0.335 e. The highest BCUT2D eigenvalue weighted by Gasteiger charge is 2.04. The minimum atomic E-state index is -0.951. The van der Waals surface area contributed by atoms with Crippen molar-refractivity contribution in [1.29, 1.82) is 5.26 Å². The summed E-state index contributed by atoms with van der Waals surface area (Å²) in [6, 6.07) is 2.03. The number of hydrogen-bond acceptors (Lipinski definition) is 3. The third kappa shape index (κ3) is 2.79. The molecule has 1 aliphatic rings. The first-order valence-corrected chi connectivity index (χ1v) is 4.16. The van der Waals surface area contributed by atoms with E-state index < -0.39 is 5.97 Å². The van der Waals surface area contributed by atoms with Gasteiger partial charge in [0.25, 0.3) is 0 Å². The van der Waals surface area contributed by atoms with Crippen molar-refractivity contribution in [2.24, 2.45) is 0 Å². The van der Waals surface area contributed by atoms with Crippen molar-refractivity contribution >= 4 is 5.97 Å². The van der Waals surface area contributed by atoms with Crippen LogP contribution in [0.25, 0.3) is 0 Å². The summed E-state index contributed by atoms with van der Waals surface area (Å²) in [5.41, 5.74) is 0.237. The molecule has 0 atom stereocenters. The molecule has 1 N–H and O–H groups in total. The Morgan fingerprint density at radius 2 is 2.36 bits per heavy atom. The highest BCUT2D eigenvalue weighted by Crippen LogP contribution is 2.06. The molecule has 0 saturated heterocycles. The minimum absolute atomic E-state index is 0.237. The monoisotopic (exact) mass is 190 g/mol. The molecule has 0 aromatic heterocycles. The molecule has 0 saturated carbocycles. The van der Waals surface area contributed by atoms with Gasteiger partial charge >= 0.3 is 5.97 Å². The number of carbonyl (C=O) groups is 1. The van der Waals surface area contributed by atoms with Crippen molar-refractivity contribution < 1.29 is 9.90 Å². The number of allylic oxidation sites excluding steroid dienone is 2. The van der Waals surface area contributed by atoms with Crippen LogP contribution in [0.4, 0.5) is 0 Å². The number of rotatable bonds is 3. The third-order valence-corrected chi connectivity index (χ3v) is 1.73. The van der Waals surface area contributed by atoms with E-state index in [1.165, 1.54) is 12.2 Å². The van der Waals surface area contributed by atoms with Gasteiger partial charge in [-0.05, 0) is 18.2 Å². The molecule has 0 radical (unpaired) electrons. The quantitative estimate of drug-likeness (QED) is 0.727. The maximum absolute atomic E-state index is 10.6. The summed E-state index contributed by atoms with van der Waals surface area (Å²) in [6.45, 7) is 0.574. The Morgan fingerprint density at radius 3 is 3.00 bits per heavy atom. The molecular weight excluding hydrogens is 180 g/mol. The topological polar surface area (TPSA) is 64.3 Å². The third-order valence-electron chi connectivity index (χ3n) is 1.73. The van der Waals surface area contributed by atoms with Gasteiger partial charge in [0.15, 0.2) is 0 Å². The molecule has 0 spiro atoms. The van der Waals surface area contributed by atoms with Gasteiger partial charge in [0.05, 0.1) is 18.1 Å². The largest absolute Gasteiger partial charge is 0.478 e. The molecule has 0 aliphatic carbocycles. The van der Waals surface area contributed by atoms with Crippen LogP contribution in [0.3, 0.4) is 0 Å². The molecule has 0 aromatic rings. The van der Waals surface area contributed by atoms with E-state index in [1.54, 1.807) is 23.4 Å². The van der Waals surface area contributed by atoms with Crippen LogP contribution in [-0.4, -0.2) is 22.5 Å². The number of carboxylic acid groups (broad SMARTS) is 1. The van der Waals surface area contributed by atoms with E-state index in [9.17, 15) is 4.79 Å². The summed E-state index contributed by atoms with van der Waals surface area (Å²) in [7, 11) is 0. The standard InChI is InChI=1S/C10H10N2O2/c11-5-2-7-12-6-1-3-9(4-8-12)10(13)14/h1,3-4,6,8H,2,7H2,(H,13,14). The van der Waals surface area contributed by atoms with Gasteiger partial charge in [-0.25, -0.2) is 4.79 Å². The predicted octanol–water partition coefficient (Wildman–Crippen LogP) is 1.25. The molecule has 0 amide bonds. The molecule has 0 fully saturated rings. The number of hydrogen-bond donors (Lipinski definition) is 1. The van der Waals surface area contributed by atoms with Gasteiger partial charge < -0.3 is 10.0 Å². The van der Waals surface area contributed by atoms with Crippen LogP contribution in [-0.2, 0) is 4.79 Å². The van der Waals surface area contributed by atoms with E-state index in [-0.39, 0.29) is 5.57 Å². The van der Waals surface area contributed by atoms with Gasteiger partial charge in [0.1, 0.15) is 0 Å². The lowest BCUT2D eigenvalue weighted by Crippen LogP contribution is -2.10. The number of aliphatic carboxylic acids is 1. The molecule has 4 nitrogen and oxygen atoms in total. The van der Waals surface area contributed by atoms with E-state index in [0.29, 0.717) is 13.0 Å². The van der Waals surface area contributed by atoms with E-state index in [4.69, 9.17) is 10.4 Å². The highest BCUT2D eigenvalue weighted by atomic mass is 16.4. The Bertz CT molecular complexity index is 348. The van der Waals surface area contributed by atoms with Crippen molar-refractivity contribution in [1.82, 2.24) is 4.90 Å². The molecule has 0 aromatic carbocycles. The first-order valence-electron chi connectivity index (χ1n) is 4.16. The van der Waals surface area contributed by atoms with E-state index in [1.807, 2.05) is 6.07 Å². The predicted molar refractivity (Wildman–Crippen MR) is 50.9 cm³/mol. The van der Waals surface area contributed by atoms with E-state index in [2.05, 4.69) is 0 Å². The normalized spacial score (nSPS) is 14.5. The zero-order chi connectivity index (χ0) is 10.4. The summed E-state index contributed by atoms with van der Waals surface area (Å²) < 4.78 is 0. The van der Waals surface area contributed by atoms with Crippen molar-refractivity contribution in [3.8, 4) is 6.07 Å². The molecule has 72 valence electrons. The van der Waals surface area contributed by atoms with Crippen molar-refractivity contribution in [2.45, 2.75) is 6.42 Å². The van der Waals surface area contributed by atoms with Crippen LogP contribution < -0.4 is 0 Å². The maximum Gasteiger partial charge on any atom is 0.335 e. The molecular formula is C10H10N2O2. The van der Waals surface area contributed by atoms with Crippen LogP contribution in [0.1, 0.15) is 6.42 Å². The van der Waals surface area contributed by atoms with Gasteiger partial charge in [0.2, 0.25) is 0 Å². The lowest BCUT2D eigenvalue weighted by atomic mass is 10.2. The van der Waals surface area contributed by atoms with Crippen LogP contribution in [0.5, 0.6) is 0 Å². The van der Waals surface area contributed by atoms with Gasteiger partial charge in [0, 0.05) is 18.9 Å². The van der Waals surface area contributed by atoms with Crippen molar-refractivity contribution in [2.75, 3.05) is 6.54 Å². The average molecular weight is 190 g/mol. The summed E-state index contributed by atoms with van der Waals surface area (Å²) in [5.74, 6) is -0.951. The molecule has 1 heterocycles. The lowest BCUT2D eigenvalue weighted by molar-refractivity contribution is -0.132. The zero-order valence-electron chi connectivity index (χ0n) is 7.55. The van der Waals surface area contributed by atoms with Crippen molar-refractivity contribution in [3.63, 3.8) is 0 Å². The molecule has 4 heteroatoms. The fourth-order valence-electron chi connectivity index (χ4n) is 1.01. The molecule has 0 unspecified atom stereocenters. The first kappa shape index (κ1) is 10.1. The molecule has 14 heavy (non-hydrogen) atoms. The van der Waals surface area contributed by atoms with Gasteiger partial charge in [-0.2, -0.15) is 5.26 Å². The summed E-state index contributed by atoms with van der Waals surface area (Å²) in [6.07, 6.45) is 8.49. The zero-order valence-corrected chi connectivity index (χ0v) is 7.55. The Morgan fingerprint density at radius 1 is 1.57 bits per heavy atom. The Labute approximate surface area is 82.1 Å². The summed E-state index contributed by atoms with van der Waals surface area (Å²) in [4.78, 5) is 12.4. The van der Waals surface area contributed by atoms with E-state index >= 15 is 0 Å². The average Bonchev–Trinajstić information content (AvgIpc) is 2.39. The van der Waals surface area contributed by atoms with Gasteiger partial charge in [-0.3, -0.25) is 0 Å². The van der Waals surface area contributed by atoms with E-state index in [0.717, 1.165) is 0 Å². The lowest BCUT2D eigenvalue weighted by Gasteiger charge is -2.11. The first-order chi connectivity index (χ1) is 6.74. The van der Waals surface area contributed by atoms with Gasteiger partial charge in [-0.15, -0.1) is 0 Å². The number of carboxylic acids is 1. The Balaban J connectivity index is 2.63. The SMILES string of the molecule is N#CCCN1C=CC=C(C(=O)O)C=C1. The molecule has 1 aliphatic heterocycles. The maximum atomic E-state index is 10.6. The number of nitriles is 1. The fraction of sp³-hybridized carbons (Fsp3) is 0.200. The summed E-state index contributed by atoms with van der Waals surface area (Å²) >= 11 is 0. The second kappa shape index (κ2) is 4.87. The second-order valence-corrected chi connectivity index (χ2v) is 2.73. The van der Waals surface area contributed by atoms with Crippen LogP contribution in [0.15, 0.2) is 36.2 Å². The minimum Gasteiger partial charge on any atom is -0.478 e. The Hall–Kier alpha value is -2.02. The van der Waals surface area contributed by atoms with Crippen LogP contribution in [0.2, 0.25) is 0 Å². The highest BCUT2D eigenvalue weighted by molar-refractivity contribution is 5.90. The van der Waals surface area contributed by atoms with Crippen LogP contribution in [0, 0.1) is 11.3 Å². The summed E-state index contributed by atoms with van der Waals surface area (Å²) in [5, 5.41) is 17.1. The van der Waals surface area contributed by atoms with Crippen LogP contribution >= 0.6 is 0 Å². The second-order valence-electron chi connectivity index (χ2n) is 2.73. The fourth-order valence-corrected chi connectivity index (χ4v) is 1.01. The van der Waals surface area contributed by atoms with Crippen molar-refractivity contribution in [3.05, 3.63) is 36.2 Å². The molecule has 1 rings (SSSR count). The number of nitrogens with zero attached hydrogens (tertiary/aromatic N) is 2. The van der Waals surface area contributed by atoms with Gasteiger partial charge in [-0.1, -0.05) is 0 Å². The molecule has 0 bridgehead atoms. The Kier molecular flexibility index (Phi) is 3.50.